The first-order valence-electron chi connectivity index (χ1n) is 11.4. The van der Waals surface area contributed by atoms with Crippen LogP contribution in [-0.2, 0) is 11.2 Å². The molecule has 4 saturated carbocycles. The molecule has 1 aromatic rings. The Hall–Kier alpha value is -2.04. The Morgan fingerprint density at radius 3 is 2.31 bits per heavy atom. The first kappa shape index (κ1) is 17.8. The standard InChI is InChI=1S/C24H30N2O3/c27-22-10-18-3-1-2-4-20(18)26(22)19-5-6-25(23(28)29)21(11-19)24-12-15-7-16(13-24)9-17(8-15)14-24/h1-4,15-17,19,21H,5-14H2,(H,28,29). The monoisotopic (exact) mass is 394 g/mol. The minimum absolute atomic E-state index is 0.0627. The van der Waals surface area contributed by atoms with E-state index in [1.54, 1.807) is 4.90 Å². The Bertz CT molecular complexity index is 830. The Balaban J connectivity index is 1.33. The van der Waals surface area contributed by atoms with Gasteiger partial charge in [0.1, 0.15) is 0 Å². The summed E-state index contributed by atoms with van der Waals surface area (Å²) in [6.45, 7) is 0.554. The molecule has 1 saturated heterocycles. The van der Waals surface area contributed by atoms with Crippen molar-refractivity contribution in [2.75, 3.05) is 11.4 Å². The van der Waals surface area contributed by atoms with Gasteiger partial charge in [-0.3, -0.25) is 4.79 Å². The predicted molar refractivity (Wildman–Crippen MR) is 110 cm³/mol. The molecule has 2 heterocycles. The number of amides is 2. The fraction of sp³-hybridized carbons (Fsp3) is 0.667. The van der Waals surface area contributed by atoms with Gasteiger partial charge < -0.3 is 14.9 Å². The molecule has 0 aromatic heterocycles. The molecule has 154 valence electrons. The zero-order chi connectivity index (χ0) is 19.8. The second-order valence-corrected chi connectivity index (χ2v) is 10.5. The van der Waals surface area contributed by atoms with Crippen LogP contribution in [0.5, 0.6) is 0 Å². The van der Waals surface area contributed by atoms with Crippen molar-refractivity contribution < 1.29 is 14.7 Å². The largest absolute Gasteiger partial charge is 0.465 e. The average Bonchev–Trinajstić information content (AvgIpc) is 3.02. The minimum Gasteiger partial charge on any atom is -0.465 e. The number of hydrogen-bond donors (Lipinski definition) is 1. The molecule has 0 spiro atoms. The molecule has 2 unspecified atom stereocenters. The van der Waals surface area contributed by atoms with Gasteiger partial charge in [-0.1, -0.05) is 18.2 Å². The molecule has 29 heavy (non-hydrogen) atoms. The number of carbonyl (C=O) groups excluding carboxylic acids is 1. The van der Waals surface area contributed by atoms with Crippen molar-refractivity contribution in [2.24, 2.45) is 23.2 Å². The molecule has 2 atom stereocenters. The fourth-order valence-electron chi connectivity index (χ4n) is 8.25. The molecule has 5 nitrogen and oxygen atoms in total. The van der Waals surface area contributed by atoms with Crippen LogP contribution in [0.25, 0.3) is 0 Å². The average molecular weight is 395 g/mol. The van der Waals surface area contributed by atoms with Gasteiger partial charge in [0.15, 0.2) is 0 Å². The van der Waals surface area contributed by atoms with Gasteiger partial charge in [0.05, 0.1) is 6.42 Å². The maximum atomic E-state index is 12.9. The first-order chi connectivity index (χ1) is 14.0. The van der Waals surface area contributed by atoms with Crippen molar-refractivity contribution in [3.8, 4) is 0 Å². The maximum Gasteiger partial charge on any atom is 0.407 e. The second-order valence-electron chi connectivity index (χ2n) is 10.5. The lowest BCUT2D eigenvalue weighted by molar-refractivity contribution is -0.120. The molecule has 0 radical (unpaired) electrons. The summed E-state index contributed by atoms with van der Waals surface area (Å²) >= 11 is 0. The van der Waals surface area contributed by atoms with Gasteiger partial charge in [-0.05, 0) is 86.2 Å². The summed E-state index contributed by atoms with van der Waals surface area (Å²) in [5.74, 6) is 2.58. The Morgan fingerprint density at radius 2 is 1.66 bits per heavy atom. The molecule has 1 N–H and O–H groups in total. The molecule has 2 amide bonds. The van der Waals surface area contributed by atoms with Crippen molar-refractivity contribution in [1.82, 2.24) is 4.90 Å². The SMILES string of the molecule is O=C(O)N1CCC(N2C(=O)Cc3ccccc32)CC1C12CC3CC(CC(C3)C1)C2. The maximum absolute atomic E-state index is 12.9. The topological polar surface area (TPSA) is 60.9 Å². The summed E-state index contributed by atoms with van der Waals surface area (Å²) in [7, 11) is 0. The zero-order valence-electron chi connectivity index (χ0n) is 16.9. The van der Waals surface area contributed by atoms with Crippen molar-refractivity contribution in [2.45, 2.75) is 69.9 Å². The van der Waals surface area contributed by atoms with Crippen LogP contribution in [0.3, 0.4) is 0 Å². The van der Waals surface area contributed by atoms with Gasteiger partial charge >= 0.3 is 6.09 Å². The van der Waals surface area contributed by atoms with Crippen LogP contribution >= 0.6 is 0 Å². The summed E-state index contributed by atoms with van der Waals surface area (Å²) in [6.07, 6.45) is 8.95. The predicted octanol–water partition coefficient (Wildman–Crippen LogP) is 4.30. The molecule has 2 aliphatic heterocycles. The van der Waals surface area contributed by atoms with Crippen LogP contribution in [0.4, 0.5) is 10.5 Å². The van der Waals surface area contributed by atoms with Crippen molar-refractivity contribution in [1.29, 1.82) is 0 Å². The highest BCUT2D eigenvalue weighted by Crippen LogP contribution is 2.63. The van der Waals surface area contributed by atoms with E-state index in [0.717, 1.165) is 41.8 Å². The Morgan fingerprint density at radius 1 is 1.00 bits per heavy atom. The number of rotatable bonds is 2. The van der Waals surface area contributed by atoms with Crippen molar-refractivity contribution in [3.63, 3.8) is 0 Å². The molecule has 5 fully saturated rings. The van der Waals surface area contributed by atoms with E-state index in [-0.39, 0.29) is 23.4 Å². The van der Waals surface area contributed by atoms with E-state index >= 15 is 0 Å². The van der Waals surface area contributed by atoms with Crippen LogP contribution in [0, 0.1) is 23.2 Å². The summed E-state index contributed by atoms with van der Waals surface area (Å²) in [5, 5.41) is 10.0. The van der Waals surface area contributed by atoms with Crippen LogP contribution in [-0.4, -0.2) is 40.6 Å². The van der Waals surface area contributed by atoms with Gasteiger partial charge in [-0.25, -0.2) is 4.79 Å². The lowest BCUT2D eigenvalue weighted by Crippen LogP contribution is -2.62. The number of anilines is 1. The quantitative estimate of drug-likeness (QED) is 0.813. The molecule has 4 aliphatic carbocycles. The summed E-state index contributed by atoms with van der Waals surface area (Å²) < 4.78 is 0. The number of piperidine rings is 1. The minimum atomic E-state index is -0.766. The van der Waals surface area contributed by atoms with E-state index in [1.807, 2.05) is 17.0 Å². The highest BCUT2D eigenvalue weighted by molar-refractivity contribution is 6.01. The highest BCUT2D eigenvalue weighted by Gasteiger charge is 2.57. The van der Waals surface area contributed by atoms with Crippen LogP contribution in [0.2, 0.25) is 0 Å². The van der Waals surface area contributed by atoms with Crippen molar-refractivity contribution in [3.05, 3.63) is 29.8 Å². The molecular formula is C24H30N2O3. The van der Waals surface area contributed by atoms with Gasteiger partial charge in [0.25, 0.3) is 0 Å². The molecule has 7 rings (SSSR count). The Labute approximate surface area is 172 Å². The lowest BCUT2D eigenvalue weighted by Gasteiger charge is -2.62. The number of likely N-dealkylation sites (tertiary alicyclic amines) is 1. The highest BCUT2D eigenvalue weighted by atomic mass is 16.4. The number of carbonyl (C=O) groups is 2. The normalized spacial score (nSPS) is 40.4. The molecule has 4 bridgehead atoms. The number of carboxylic acid groups (broad SMARTS) is 1. The van der Waals surface area contributed by atoms with E-state index in [9.17, 15) is 14.7 Å². The number of para-hydroxylation sites is 1. The van der Waals surface area contributed by atoms with E-state index in [4.69, 9.17) is 0 Å². The van der Waals surface area contributed by atoms with Crippen LogP contribution in [0.1, 0.15) is 56.9 Å². The van der Waals surface area contributed by atoms with Gasteiger partial charge in [0, 0.05) is 24.3 Å². The zero-order valence-corrected chi connectivity index (χ0v) is 16.9. The third kappa shape index (κ3) is 2.65. The van der Waals surface area contributed by atoms with E-state index in [0.29, 0.717) is 13.0 Å². The molecule has 6 aliphatic rings. The number of hydrogen-bond acceptors (Lipinski definition) is 2. The second kappa shape index (κ2) is 6.23. The van der Waals surface area contributed by atoms with Crippen LogP contribution < -0.4 is 4.90 Å². The number of fused-ring (bicyclic) bond motifs is 1. The van der Waals surface area contributed by atoms with Gasteiger partial charge in [-0.2, -0.15) is 0 Å². The molecule has 5 heteroatoms. The summed E-state index contributed by atoms with van der Waals surface area (Å²) in [5.41, 5.74) is 2.31. The van der Waals surface area contributed by atoms with E-state index in [2.05, 4.69) is 12.1 Å². The first-order valence-corrected chi connectivity index (χ1v) is 11.4. The third-order valence-corrected chi connectivity index (χ3v) is 8.84. The number of benzene rings is 1. The third-order valence-electron chi connectivity index (χ3n) is 8.84. The van der Waals surface area contributed by atoms with Crippen molar-refractivity contribution >= 4 is 17.7 Å². The number of nitrogens with zero attached hydrogens (tertiary/aromatic N) is 2. The Kier molecular flexibility index (Phi) is 3.82. The molecule has 1 aromatic carbocycles. The summed E-state index contributed by atoms with van der Waals surface area (Å²) in [6, 6.07) is 8.31. The smallest absolute Gasteiger partial charge is 0.407 e. The van der Waals surface area contributed by atoms with Crippen LogP contribution in [0.15, 0.2) is 24.3 Å². The van der Waals surface area contributed by atoms with Gasteiger partial charge in [-0.15, -0.1) is 0 Å². The summed E-state index contributed by atoms with van der Waals surface area (Å²) in [4.78, 5) is 28.9. The van der Waals surface area contributed by atoms with E-state index in [1.165, 1.54) is 38.5 Å². The molecular weight excluding hydrogens is 364 g/mol. The fourth-order valence-corrected chi connectivity index (χ4v) is 8.25. The lowest BCUT2D eigenvalue weighted by atomic mass is 9.47. The van der Waals surface area contributed by atoms with E-state index < -0.39 is 6.09 Å². The van der Waals surface area contributed by atoms with Gasteiger partial charge in [0.2, 0.25) is 5.91 Å².